The largest absolute Gasteiger partial charge is 0.481 e. The topological polar surface area (TPSA) is 171 Å². The van der Waals surface area contributed by atoms with Crippen LogP contribution in [-0.4, -0.2) is 57.8 Å². The van der Waals surface area contributed by atoms with Crippen molar-refractivity contribution in [3.05, 3.63) is 86.3 Å². The first kappa shape index (κ1) is 32.3. The van der Waals surface area contributed by atoms with Gasteiger partial charge in [0.05, 0.1) is 24.2 Å². The van der Waals surface area contributed by atoms with Gasteiger partial charge in [-0.05, 0) is 62.0 Å². The summed E-state index contributed by atoms with van der Waals surface area (Å²) >= 11 is 0. The van der Waals surface area contributed by atoms with Crippen molar-refractivity contribution in [1.82, 2.24) is 15.3 Å². The van der Waals surface area contributed by atoms with E-state index in [0.29, 0.717) is 69.2 Å². The molecule has 1 amide bonds. The summed E-state index contributed by atoms with van der Waals surface area (Å²) in [5.74, 6) is -4.41. The van der Waals surface area contributed by atoms with Crippen molar-refractivity contribution >= 4 is 41.2 Å². The van der Waals surface area contributed by atoms with Gasteiger partial charge in [0, 0.05) is 64.2 Å². The monoisotopic (exact) mass is 626 g/mol. The Morgan fingerprint density at radius 2 is 1.83 bits per heavy atom. The highest BCUT2D eigenvalue weighted by Crippen LogP contribution is 2.48. The Labute approximate surface area is 266 Å². The van der Waals surface area contributed by atoms with Gasteiger partial charge in [-0.3, -0.25) is 29.0 Å². The average Bonchev–Trinajstić information content (AvgIpc) is 3.76. The molecule has 4 heterocycles. The van der Waals surface area contributed by atoms with Gasteiger partial charge >= 0.3 is 11.9 Å². The Bertz CT molecular complexity index is 1840. The summed E-state index contributed by atoms with van der Waals surface area (Å²) in [6, 6.07) is 0. The number of hydrogen-bond donors (Lipinski definition) is 4. The highest BCUT2D eigenvalue weighted by molar-refractivity contribution is 6.24. The molecule has 11 nitrogen and oxygen atoms in total. The van der Waals surface area contributed by atoms with Gasteiger partial charge in [-0.2, -0.15) is 0 Å². The van der Waals surface area contributed by atoms with E-state index in [1.807, 2.05) is 27.7 Å². The molecule has 3 unspecified atom stereocenters. The number of carbonyl (C=O) groups is 5. The van der Waals surface area contributed by atoms with Crippen molar-refractivity contribution in [2.45, 2.75) is 60.3 Å². The maximum Gasteiger partial charge on any atom is 0.321 e. The maximum atomic E-state index is 14.0. The van der Waals surface area contributed by atoms with Gasteiger partial charge in [0.15, 0.2) is 12.1 Å². The summed E-state index contributed by atoms with van der Waals surface area (Å²) in [5.41, 5.74) is 8.65. The van der Waals surface area contributed by atoms with E-state index in [1.165, 1.54) is 13.2 Å². The van der Waals surface area contributed by atoms with Crippen LogP contribution in [-0.2, 0) is 32.0 Å². The number of aromatic nitrogens is 2. The van der Waals surface area contributed by atoms with Gasteiger partial charge in [-0.25, -0.2) is 0 Å². The molecule has 1 aliphatic carbocycles. The maximum absolute atomic E-state index is 14.0. The number of allylic oxidation sites excluding steroid dienone is 3. The third-order valence-electron chi connectivity index (χ3n) is 9.60. The molecule has 0 spiro atoms. The average molecular weight is 627 g/mol. The van der Waals surface area contributed by atoms with Crippen molar-refractivity contribution in [3.8, 4) is 0 Å². The molecule has 4 N–H and O–H groups in total. The highest BCUT2D eigenvalue weighted by Gasteiger charge is 2.48. The van der Waals surface area contributed by atoms with Crippen LogP contribution >= 0.6 is 0 Å². The molecule has 3 aliphatic rings. The first-order valence-electron chi connectivity index (χ1n) is 15.3. The minimum absolute atomic E-state index is 0.148. The quantitative estimate of drug-likeness (QED) is 0.168. The van der Waals surface area contributed by atoms with E-state index in [-0.39, 0.29) is 24.7 Å². The summed E-state index contributed by atoms with van der Waals surface area (Å²) in [7, 11) is 1.22. The number of hydrogen-bond acceptors (Lipinski definition) is 7. The number of aliphatic carboxylic acids is 1. The molecule has 0 aromatic carbocycles. The summed E-state index contributed by atoms with van der Waals surface area (Å²) in [6.07, 6.45) is 5.22. The fourth-order valence-electron chi connectivity index (χ4n) is 7.01. The van der Waals surface area contributed by atoms with Crippen LogP contribution in [0.5, 0.6) is 0 Å². The van der Waals surface area contributed by atoms with Crippen LogP contribution in [0, 0.1) is 31.6 Å². The second-order valence-electron chi connectivity index (χ2n) is 12.0. The van der Waals surface area contributed by atoms with Crippen molar-refractivity contribution in [1.29, 1.82) is 0 Å². The molecule has 240 valence electrons. The Morgan fingerprint density at radius 1 is 1.11 bits per heavy atom. The third kappa shape index (κ3) is 5.19. The molecule has 46 heavy (non-hydrogen) atoms. The second-order valence-corrected chi connectivity index (χ2v) is 12.0. The lowest BCUT2D eigenvalue weighted by Crippen LogP contribution is -2.24. The minimum Gasteiger partial charge on any atom is -0.481 e. The molecular formula is C35H38N4O7. The number of amides is 1. The standard InChI is InChI=1S/C35H38N4O7/c1-8-19-15(3)26(14-40)36-25(19)13-24-18(6)28-32(38-24)29(30(33(28)43)35(45)46-7)31-21(10-11-27(41)42)17(5)22(37-31)12-23-16(4)20(9-2)34(44)39-23/h9,12,14,17,21,30,36,38H,2,8,10-11,13H2,1,3-7H3,(H,39,44)(H,41,42). The van der Waals surface area contributed by atoms with E-state index in [1.54, 1.807) is 13.0 Å². The molecule has 2 aliphatic heterocycles. The smallest absolute Gasteiger partial charge is 0.321 e. The van der Waals surface area contributed by atoms with Crippen molar-refractivity contribution in [3.63, 3.8) is 0 Å². The van der Waals surface area contributed by atoms with Gasteiger partial charge in [-0.15, -0.1) is 0 Å². The van der Waals surface area contributed by atoms with Crippen LogP contribution in [0.15, 0.2) is 46.3 Å². The van der Waals surface area contributed by atoms with Crippen LogP contribution in [0.2, 0.25) is 0 Å². The van der Waals surface area contributed by atoms with Gasteiger partial charge in [0.2, 0.25) is 0 Å². The normalized spacial score (nSPS) is 23.2. The van der Waals surface area contributed by atoms with Crippen LogP contribution in [0.1, 0.15) is 88.2 Å². The Morgan fingerprint density at radius 3 is 2.41 bits per heavy atom. The zero-order chi connectivity index (χ0) is 33.6. The number of aldehydes is 1. The Kier molecular flexibility index (Phi) is 8.70. The number of Topliss-reactive ketones (excluding diaryl/α,β-unsaturated/α-hetero) is 1. The lowest BCUT2D eigenvalue weighted by Gasteiger charge is -2.20. The van der Waals surface area contributed by atoms with E-state index < -0.39 is 29.6 Å². The Hall–Kier alpha value is -5.06. The van der Waals surface area contributed by atoms with Crippen LogP contribution in [0.3, 0.4) is 0 Å². The van der Waals surface area contributed by atoms with Gasteiger partial charge in [-0.1, -0.05) is 26.5 Å². The van der Waals surface area contributed by atoms with Gasteiger partial charge < -0.3 is 25.1 Å². The van der Waals surface area contributed by atoms with E-state index in [2.05, 4.69) is 21.9 Å². The molecule has 3 atom stereocenters. The van der Waals surface area contributed by atoms with E-state index >= 15 is 0 Å². The zero-order valence-electron chi connectivity index (χ0n) is 26.8. The van der Waals surface area contributed by atoms with Gasteiger partial charge in [0.25, 0.3) is 5.91 Å². The van der Waals surface area contributed by atoms with Crippen LogP contribution in [0.4, 0.5) is 0 Å². The number of carboxylic acid groups (broad SMARTS) is 1. The fourth-order valence-corrected chi connectivity index (χ4v) is 7.01. The first-order valence-corrected chi connectivity index (χ1v) is 15.3. The molecule has 5 rings (SSSR count). The molecule has 0 bridgehead atoms. The predicted octanol–water partition coefficient (Wildman–Crippen LogP) is 4.71. The number of methoxy groups -OCH3 is 1. The number of rotatable bonds is 10. The number of carbonyl (C=O) groups excluding carboxylic acids is 4. The lowest BCUT2D eigenvalue weighted by molar-refractivity contribution is -0.142. The number of esters is 1. The molecule has 2 aromatic rings. The number of fused-ring (bicyclic) bond motifs is 1. The first-order chi connectivity index (χ1) is 21.9. The SMILES string of the molecule is C=CC1=C(C)C(=CC2=NC(=C3c4[nH]c(Cc5[nH]c(C=O)c(C)c5CC)c(C)c4C(=O)C3C(=O)OC)C(CCC(=O)O)C2C)NC1=O. The van der Waals surface area contributed by atoms with E-state index in [0.717, 1.165) is 28.8 Å². The number of nitrogens with one attached hydrogen (secondary N) is 3. The van der Waals surface area contributed by atoms with Gasteiger partial charge in [0.1, 0.15) is 5.92 Å². The number of ketones is 1. The number of nitrogens with zero attached hydrogens (tertiary/aromatic N) is 1. The predicted molar refractivity (Wildman–Crippen MR) is 171 cm³/mol. The fraction of sp³-hybridized carbons (Fsp3) is 0.371. The van der Waals surface area contributed by atoms with Crippen LogP contribution in [0.25, 0.3) is 5.57 Å². The second kappa shape index (κ2) is 12.4. The molecule has 0 radical (unpaired) electrons. The minimum atomic E-state index is -1.27. The molecule has 11 heteroatoms. The van der Waals surface area contributed by atoms with E-state index in [4.69, 9.17) is 9.73 Å². The van der Waals surface area contributed by atoms with Crippen LogP contribution < -0.4 is 5.32 Å². The molecule has 0 saturated heterocycles. The highest BCUT2D eigenvalue weighted by atomic mass is 16.5. The third-order valence-corrected chi connectivity index (χ3v) is 9.60. The number of aliphatic imine (C=N–C) groups is 1. The Balaban J connectivity index is 1.70. The van der Waals surface area contributed by atoms with Crippen molar-refractivity contribution < 1.29 is 33.8 Å². The van der Waals surface area contributed by atoms with E-state index in [9.17, 15) is 29.1 Å². The lowest BCUT2D eigenvalue weighted by atomic mass is 9.83. The number of H-pyrrole nitrogens is 2. The molecule has 2 aromatic heterocycles. The number of carboxylic acids is 1. The zero-order valence-corrected chi connectivity index (χ0v) is 26.8. The summed E-state index contributed by atoms with van der Waals surface area (Å²) in [4.78, 5) is 74.6. The molecular weight excluding hydrogens is 588 g/mol. The van der Waals surface area contributed by atoms with Crippen molar-refractivity contribution in [2.24, 2.45) is 22.7 Å². The summed E-state index contributed by atoms with van der Waals surface area (Å²) in [5, 5.41) is 12.4. The molecule has 0 fully saturated rings. The summed E-state index contributed by atoms with van der Waals surface area (Å²) in [6.45, 7) is 13.2. The number of aromatic amines is 2. The molecule has 0 saturated carbocycles. The summed E-state index contributed by atoms with van der Waals surface area (Å²) < 4.78 is 5.10. The number of ether oxygens (including phenoxy) is 1. The van der Waals surface area contributed by atoms with Crippen molar-refractivity contribution in [2.75, 3.05) is 7.11 Å².